The molecule has 0 aromatic heterocycles. The lowest BCUT2D eigenvalue weighted by Crippen LogP contribution is -2.70. The molecule has 3 rings (SSSR count). The third-order valence-corrected chi connectivity index (χ3v) is 12.0. The Labute approximate surface area is 211 Å². The van der Waals surface area contributed by atoms with Crippen LogP contribution in [0.15, 0.2) is 72.3 Å². The van der Waals surface area contributed by atoms with Crippen LogP contribution in [0.5, 0.6) is 0 Å². The van der Waals surface area contributed by atoms with Crippen LogP contribution in [-0.4, -0.2) is 37.9 Å². The molecule has 1 amide bonds. The minimum absolute atomic E-state index is 0.0796. The van der Waals surface area contributed by atoms with E-state index >= 15 is 0 Å². The van der Waals surface area contributed by atoms with E-state index < -0.39 is 32.2 Å². The van der Waals surface area contributed by atoms with Crippen LogP contribution in [0.3, 0.4) is 0 Å². The van der Waals surface area contributed by atoms with Crippen molar-refractivity contribution in [1.82, 2.24) is 5.32 Å². The number of hydrogen-bond donors (Lipinski definition) is 1. The Morgan fingerprint density at radius 2 is 1.60 bits per heavy atom. The van der Waals surface area contributed by atoms with E-state index in [2.05, 4.69) is 50.4 Å². The maximum atomic E-state index is 13.3. The smallest absolute Gasteiger partial charge is 0.408 e. The first-order chi connectivity index (χ1) is 16.5. The summed E-state index contributed by atoms with van der Waals surface area (Å²) in [5.74, 6) is -0.0796. The highest BCUT2D eigenvalue weighted by molar-refractivity contribution is 6.99. The summed E-state index contributed by atoms with van der Waals surface area (Å²) in [6, 6.07) is 19.9. The molecule has 0 saturated carbocycles. The van der Waals surface area contributed by atoms with Crippen LogP contribution in [0, 0.1) is 0 Å². The summed E-state index contributed by atoms with van der Waals surface area (Å²) in [6.07, 6.45) is 1.64. The van der Waals surface area contributed by atoms with Crippen LogP contribution >= 0.6 is 0 Å². The van der Waals surface area contributed by atoms with Gasteiger partial charge in [0.15, 0.2) is 11.4 Å². The van der Waals surface area contributed by atoms with Gasteiger partial charge in [-0.3, -0.25) is 4.79 Å². The average molecular weight is 494 g/mol. The summed E-state index contributed by atoms with van der Waals surface area (Å²) in [5, 5.41) is 4.83. The van der Waals surface area contributed by atoms with Crippen molar-refractivity contribution in [2.75, 3.05) is 0 Å². The van der Waals surface area contributed by atoms with Crippen molar-refractivity contribution >= 4 is 30.6 Å². The van der Waals surface area contributed by atoms with Crippen molar-refractivity contribution in [3.63, 3.8) is 0 Å². The number of amides is 1. The van der Waals surface area contributed by atoms with E-state index in [0.29, 0.717) is 6.42 Å². The quantitative estimate of drug-likeness (QED) is 0.388. The maximum absolute atomic E-state index is 13.3. The highest BCUT2D eigenvalue weighted by Gasteiger charge is 2.59. The molecule has 35 heavy (non-hydrogen) atoms. The summed E-state index contributed by atoms with van der Waals surface area (Å²) < 4.78 is 13.2. The zero-order valence-electron chi connectivity index (χ0n) is 22.1. The van der Waals surface area contributed by atoms with Crippen molar-refractivity contribution in [1.29, 1.82) is 0 Å². The molecule has 1 aliphatic heterocycles. The number of hydrogen-bond acceptors (Lipinski definition) is 4. The summed E-state index contributed by atoms with van der Waals surface area (Å²) in [4.78, 5) is 25.7. The van der Waals surface area contributed by atoms with Crippen molar-refractivity contribution < 1.29 is 18.8 Å². The van der Waals surface area contributed by atoms with Gasteiger partial charge in [0.1, 0.15) is 6.04 Å². The number of nitrogens with one attached hydrogen (secondary N) is 1. The van der Waals surface area contributed by atoms with Gasteiger partial charge in [-0.25, -0.2) is 4.79 Å². The van der Waals surface area contributed by atoms with E-state index in [0.717, 1.165) is 15.9 Å². The number of rotatable bonds is 9. The molecule has 1 heterocycles. The molecule has 0 aliphatic carbocycles. The molecule has 1 aliphatic rings. The fourth-order valence-corrected chi connectivity index (χ4v) is 9.98. The molecule has 188 valence electrons. The Bertz CT molecular complexity index is 1020. The minimum Gasteiger partial charge on any atom is -0.438 e. The maximum Gasteiger partial charge on any atom is 0.408 e. The molecule has 0 bridgehead atoms. The van der Waals surface area contributed by atoms with Crippen molar-refractivity contribution in [3.05, 3.63) is 72.3 Å². The van der Waals surface area contributed by atoms with Gasteiger partial charge in [0.2, 0.25) is 0 Å². The second-order valence-corrected chi connectivity index (χ2v) is 15.0. The van der Waals surface area contributed by atoms with Gasteiger partial charge in [-0.15, -0.1) is 0 Å². The zero-order chi connectivity index (χ0) is 25.9. The Balaban J connectivity index is 2.14. The highest BCUT2D eigenvalue weighted by Crippen LogP contribution is 2.41. The average Bonchev–Trinajstić information content (AvgIpc) is 3.13. The first kappa shape index (κ1) is 26.9. The van der Waals surface area contributed by atoms with Gasteiger partial charge in [0, 0.05) is 6.42 Å². The monoisotopic (exact) mass is 493 g/mol. The van der Waals surface area contributed by atoms with Crippen LogP contribution in [0.1, 0.15) is 61.3 Å². The number of carbonyl (C=O) groups excluding carboxylic acids is 2. The van der Waals surface area contributed by atoms with Gasteiger partial charge in [0.05, 0.1) is 6.10 Å². The molecular weight excluding hydrogens is 454 g/mol. The van der Waals surface area contributed by atoms with E-state index in [1.54, 1.807) is 0 Å². The number of benzene rings is 2. The standard InChI is InChI=1S/C29H39NO4Si/c1-8-25(29(7)26(30-27(32)33-29)24(31)20-19-21(2)3)34-35(28(4,5)6,22-15-11-9-12-16-22)23-17-13-10-14-18-23/h9-19,25-26H,8,20H2,1-7H3,(H,30,32)/t25-,26-,29-/m1/s1. The normalized spacial score (nSPS) is 21.1. The molecular formula is C29H39NO4Si. The molecule has 1 N–H and O–H groups in total. The molecule has 0 spiro atoms. The van der Waals surface area contributed by atoms with Crippen LogP contribution in [-0.2, 0) is 14.0 Å². The van der Waals surface area contributed by atoms with Crippen LogP contribution in [0.25, 0.3) is 0 Å². The van der Waals surface area contributed by atoms with E-state index in [9.17, 15) is 9.59 Å². The Kier molecular flexibility index (Phi) is 8.07. The Morgan fingerprint density at radius 3 is 2.03 bits per heavy atom. The van der Waals surface area contributed by atoms with E-state index in [1.807, 2.05) is 70.2 Å². The zero-order valence-corrected chi connectivity index (χ0v) is 23.1. The number of ether oxygens (including phenoxy) is 1. The topological polar surface area (TPSA) is 64.6 Å². The largest absolute Gasteiger partial charge is 0.438 e. The molecule has 1 saturated heterocycles. The number of cyclic esters (lactones) is 1. The van der Waals surface area contributed by atoms with Crippen molar-refractivity contribution in [2.45, 2.75) is 84.1 Å². The molecule has 3 atom stereocenters. The van der Waals surface area contributed by atoms with Gasteiger partial charge >= 0.3 is 6.09 Å². The molecule has 2 aromatic rings. The number of allylic oxidation sites excluding steroid dienone is 2. The molecule has 6 heteroatoms. The molecule has 1 fully saturated rings. The van der Waals surface area contributed by atoms with Gasteiger partial charge in [-0.05, 0) is 42.6 Å². The summed E-state index contributed by atoms with van der Waals surface area (Å²) in [5.41, 5.74) is -0.0771. The number of ketones is 1. The van der Waals surface area contributed by atoms with Gasteiger partial charge < -0.3 is 14.5 Å². The van der Waals surface area contributed by atoms with Crippen molar-refractivity contribution in [2.24, 2.45) is 0 Å². The first-order valence-electron chi connectivity index (χ1n) is 12.4. The molecule has 5 nitrogen and oxygen atoms in total. The lowest BCUT2D eigenvalue weighted by molar-refractivity contribution is -0.127. The number of Topliss-reactive ketones (excluding diaryl/α,β-unsaturated/α-hetero) is 1. The third-order valence-electron chi connectivity index (χ3n) is 6.93. The number of alkyl carbamates (subject to hydrolysis) is 1. The van der Waals surface area contributed by atoms with E-state index in [-0.39, 0.29) is 17.2 Å². The predicted molar refractivity (Wildman–Crippen MR) is 144 cm³/mol. The molecule has 0 unspecified atom stereocenters. The summed E-state index contributed by atoms with van der Waals surface area (Å²) in [6.45, 7) is 14.4. The second-order valence-electron chi connectivity index (χ2n) is 10.8. The van der Waals surface area contributed by atoms with E-state index in [1.165, 1.54) is 0 Å². The van der Waals surface area contributed by atoms with Crippen LogP contribution in [0.2, 0.25) is 5.04 Å². The van der Waals surface area contributed by atoms with Crippen LogP contribution in [0.4, 0.5) is 4.79 Å². The molecule has 0 radical (unpaired) electrons. The Morgan fingerprint density at radius 1 is 1.09 bits per heavy atom. The first-order valence-corrected chi connectivity index (χ1v) is 14.3. The highest BCUT2D eigenvalue weighted by atomic mass is 28.4. The van der Waals surface area contributed by atoms with Crippen molar-refractivity contribution in [3.8, 4) is 0 Å². The predicted octanol–water partition coefficient (Wildman–Crippen LogP) is 5.13. The Hall–Kier alpha value is -2.70. The lowest BCUT2D eigenvalue weighted by atomic mass is 9.86. The van der Waals surface area contributed by atoms with Gasteiger partial charge in [-0.2, -0.15) is 0 Å². The summed E-state index contributed by atoms with van der Waals surface area (Å²) >= 11 is 0. The minimum atomic E-state index is -2.91. The summed E-state index contributed by atoms with van der Waals surface area (Å²) in [7, 11) is -2.91. The van der Waals surface area contributed by atoms with E-state index in [4.69, 9.17) is 9.16 Å². The fraction of sp³-hybridized carbons (Fsp3) is 0.448. The lowest BCUT2D eigenvalue weighted by Gasteiger charge is -2.48. The fourth-order valence-electron chi connectivity index (χ4n) is 5.13. The van der Waals surface area contributed by atoms with Crippen LogP contribution < -0.4 is 15.7 Å². The second kappa shape index (κ2) is 10.5. The van der Waals surface area contributed by atoms with Gasteiger partial charge in [0.25, 0.3) is 8.32 Å². The molecule has 2 aromatic carbocycles. The third kappa shape index (κ3) is 5.28. The number of carbonyl (C=O) groups is 2. The van der Waals surface area contributed by atoms with Gasteiger partial charge in [-0.1, -0.05) is 100 Å². The SMILES string of the molecule is CC[C@@H](O[Si](c1ccccc1)(c1ccccc1)C(C)(C)C)[C@@]1(C)OC(=O)N[C@@H]1C(=O)CC=C(C)C.